The lowest BCUT2D eigenvalue weighted by Crippen LogP contribution is -2.12. The van der Waals surface area contributed by atoms with Crippen LogP contribution in [0, 0.1) is 0 Å². The number of nitrogens with zero attached hydrogens (tertiary/aromatic N) is 1. The molecular formula is C29H24ClN3O3. The van der Waals surface area contributed by atoms with E-state index in [1.54, 1.807) is 24.3 Å². The standard InChI is InChI=1S/C29H24ClN3O3/c1-36-29(35)19-9-13-21(14-10-19)31-27(34)8-4-6-22-23-17-20(30)12-16-25(23)33-28(22)26-15-11-18-5-2-3-7-24(18)32-26/h2-3,5,7,9-17,33H,4,6,8H2,1H3,(H,31,34). The summed E-state index contributed by atoms with van der Waals surface area (Å²) in [5.74, 6) is -0.507. The Morgan fingerprint density at radius 3 is 2.61 bits per heavy atom. The Morgan fingerprint density at radius 1 is 1.00 bits per heavy atom. The lowest BCUT2D eigenvalue weighted by Gasteiger charge is -2.08. The van der Waals surface area contributed by atoms with Gasteiger partial charge in [-0.2, -0.15) is 0 Å². The molecule has 180 valence electrons. The van der Waals surface area contributed by atoms with E-state index in [1.807, 2.05) is 48.5 Å². The quantitative estimate of drug-likeness (QED) is 0.243. The number of amides is 1. The lowest BCUT2D eigenvalue weighted by atomic mass is 10.0. The van der Waals surface area contributed by atoms with Crippen molar-refractivity contribution >= 4 is 51.0 Å². The number of pyridine rings is 1. The molecule has 1 amide bonds. The largest absolute Gasteiger partial charge is 0.465 e. The number of esters is 1. The second-order valence-electron chi connectivity index (χ2n) is 8.53. The number of para-hydroxylation sites is 1. The second-order valence-corrected chi connectivity index (χ2v) is 8.96. The third-order valence-corrected chi connectivity index (χ3v) is 6.38. The zero-order valence-corrected chi connectivity index (χ0v) is 20.4. The first-order chi connectivity index (χ1) is 17.5. The molecule has 2 N–H and O–H groups in total. The molecular weight excluding hydrogens is 474 g/mol. The van der Waals surface area contributed by atoms with Crippen LogP contribution in [0.25, 0.3) is 33.2 Å². The maximum absolute atomic E-state index is 12.6. The van der Waals surface area contributed by atoms with Gasteiger partial charge in [0.15, 0.2) is 0 Å². The number of halogens is 1. The van der Waals surface area contributed by atoms with Gasteiger partial charge in [-0.15, -0.1) is 0 Å². The van der Waals surface area contributed by atoms with Crippen molar-refractivity contribution in [2.45, 2.75) is 19.3 Å². The fourth-order valence-corrected chi connectivity index (χ4v) is 4.53. The number of aromatic amines is 1. The van der Waals surface area contributed by atoms with Crippen LogP contribution in [0.3, 0.4) is 0 Å². The molecule has 0 atom stereocenters. The fourth-order valence-electron chi connectivity index (χ4n) is 4.36. The van der Waals surface area contributed by atoms with Gasteiger partial charge in [0.2, 0.25) is 5.91 Å². The van der Waals surface area contributed by atoms with Gasteiger partial charge < -0.3 is 15.0 Å². The number of anilines is 1. The Morgan fingerprint density at radius 2 is 1.81 bits per heavy atom. The van der Waals surface area contributed by atoms with Crippen molar-refractivity contribution in [3.05, 3.63) is 95.0 Å². The number of methoxy groups -OCH3 is 1. The Balaban J connectivity index is 1.34. The summed E-state index contributed by atoms with van der Waals surface area (Å²) >= 11 is 6.32. The SMILES string of the molecule is COC(=O)c1ccc(NC(=O)CCCc2c(-c3ccc4ccccc4n3)[nH]c3ccc(Cl)cc23)cc1. The van der Waals surface area contributed by atoms with Crippen molar-refractivity contribution in [3.8, 4) is 11.4 Å². The highest BCUT2D eigenvalue weighted by Crippen LogP contribution is 2.33. The van der Waals surface area contributed by atoms with Crippen LogP contribution in [-0.2, 0) is 16.0 Å². The first kappa shape index (κ1) is 23.6. The van der Waals surface area contributed by atoms with E-state index in [-0.39, 0.29) is 5.91 Å². The zero-order valence-electron chi connectivity index (χ0n) is 19.7. The van der Waals surface area contributed by atoms with Gasteiger partial charge in [0.25, 0.3) is 0 Å². The van der Waals surface area contributed by atoms with Gasteiger partial charge in [0, 0.05) is 33.4 Å². The molecule has 0 aliphatic rings. The number of rotatable bonds is 7. The van der Waals surface area contributed by atoms with Gasteiger partial charge in [-0.1, -0.05) is 35.9 Å². The summed E-state index contributed by atoms with van der Waals surface area (Å²) in [6.45, 7) is 0. The summed E-state index contributed by atoms with van der Waals surface area (Å²) in [6, 6.07) is 24.5. The van der Waals surface area contributed by atoms with Crippen LogP contribution in [0.1, 0.15) is 28.8 Å². The van der Waals surface area contributed by atoms with Gasteiger partial charge in [-0.05, 0) is 73.0 Å². The van der Waals surface area contributed by atoms with E-state index >= 15 is 0 Å². The zero-order chi connectivity index (χ0) is 25.1. The van der Waals surface area contributed by atoms with Crippen LogP contribution < -0.4 is 5.32 Å². The maximum atomic E-state index is 12.6. The van der Waals surface area contributed by atoms with Gasteiger partial charge in [0.1, 0.15) is 0 Å². The third kappa shape index (κ3) is 4.95. The van der Waals surface area contributed by atoms with Crippen molar-refractivity contribution < 1.29 is 14.3 Å². The van der Waals surface area contributed by atoms with E-state index in [0.717, 1.165) is 38.8 Å². The number of H-pyrrole nitrogens is 1. The van der Waals surface area contributed by atoms with E-state index in [0.29, 0.717) is 35.5 Å². The highest BCUT2D eigenvalue weighted by Gasteiger charge is 2.16. The van der Waals surface area contributed by atoms with Crippen LogP contribution in [0.15, 0.2) is 78.9 Å². The number of nitrogens with one attached hydrogen (secondary N) is 2. The molecule has 2 heterocycles. The van der Waals surface area contributed by atoms with Crippen molar-refractivity contribution in [1.29, 1.82) is 0 Å². The molecule has 0 saturated carbocycles. The highest BCUT2D eigenvalue weighted by molar-refractivity contribution is 6.31. The summed E-state index contributed by atoms with van der Waals surface area (Å²) < 4.78 is 4.70. The molecule has 7 heteroatoms. The molecule has 0 unspecified atom stereocenters. The van der Waals surface area contributed by atoms with Crippen LogP contribution in [0.4, 0.5) is 5.69 Å². The molecule has 0 radical (unpaired) electrons. The monoisotopic (exact) mass is 497 g/mol. The predicted molar refractivity (Wildman–Crippen MR) is 143 cm³/mol. The number of aromatic nitrogens is 2. The molecule has 0 bridgehead atoms. The number of carbonyl (C=O) groups is 2. The fraction of sp³-hybridized carbons (Fsp3) is 0.138. The Labute approximate surface area is 213 Å². The number of hydrogen-bond donors (Lipinski definition) is 2. The van der Waals surface area contributed by atoms with Crippen molar-refractivity contribution in [2.24, 2.45) is 0 Å². The van der Waals surface area contributed by atoms with Crippen molar-refractivity contribution in [2.75, 3.05) is 12.4 Å². The van der Waals surface area contributed by atoms with E-state index in [4.69, 9.17) is 21.3 Å². The van der Waals surface area contributed by atoms with Gasteiger partial charge >= 0.3 is 5.97 Å². The van der Waals surface area contributed by atoms with Gasteiger partial charge in [-0.3, -0.25) is 4.79 Å². The Bertz CT molecular complexity index is 1570. The predicted octanol–water partition coefficient (Wildman–Crippen LogP) is 6.78. The van der Waals surface area contributed by atoms with Gasteiger partial charge in [-0.25, -0.2) is 9.78 Å². The first-order valence-corrected chi connectivity index (χ1v) is 12.0. The van der Waals surface area contributed by atoms with Crippen molar-refractivity contribution in [1.82, 2.24) is 9.97 Å². The average Bonchev–Trinajstić information content (AvgIpc) is 3.26. The molecule has 36 heavy (non-hydrogen) atoms. The summed E-state index contributed by atoms with van der Waals surface area (Å²) in [5.41, 5.74) is 5.86. The number of benzene rings is 3. The molecule has 0 aliphatic heterocycles. The number of hydrogen-bond acceptors (Lipinski definition) is 4. The minimum atomic E-state index is -0.414. The molecule has 5 rings (SSSR count). The van der Waals surface area contributed by atoms with Crippen LogP contribution in [0.5, 0.6) is 0 Å². The summed E-state index contributed by atoms with van der Waals surface area (Å²) in [7, 11) is 1.33. The maximum Gasteiger partial charge on any atom is 0.337 e. The van der Waals surface area contributed by atoms with Gasteiger partial charge in [0.05, 0.1) is 29.6 Å². The highest BCUT2D eigenvalue weighted by atomic mass is 35.5. The molecule has 0 spiro atoms. The van der Waals surface area contributed by atoms with E-state index in [2.05, 4.69) is 16.4 Å². The normalized spacial score (nSPS) is 11.1. The van der Waals surface area contributed by atoms with Crippen LogP contribution in [-0.4, -0.2) is 29.0 Å². The van der Waals surface area contributed by atoms with E-state index < -0.39 is 5.97 Å². The molecule has 0 saturated heterocycles. The minimum absolute atomic E-state index is 0.0935. The molecule has 6 nitrogen and oxygen atoms in total. The number of fused-ring (bicyclic) bond motifs is 2. The number of carbonyl (C=O) groups excluding carboxylic acids is 2. The average molecular weight is 498 g/mol. The van der Waals surface area contributed by atoms with Crippen LogP contribution in [0.2, 0.25) is 5.02 Å². The number of aryl methyl sites for hydroxylation is 1. The van der Waals surface area contributed by atoms with E-state index in [1.165, 1.54) is 7.11 Å². The topological polar surface area (TPSA) is 84.1 Å². The molecule has 5 aromatic rings. The van der Waals surface area contributed by atoms with Crippen LogP contribution >= 0.6 is 11.6 Å². The molecule has 3 aromatic carbocycles. The molecule has 0 aliphatic carbocycles. The Hall–Kier alpha value is -4.16. The summed E-state index contributed by atoms with van der Waals surface area (Å²) in [5, 5.41) is 5.66. The smallest absolute Gasteiger partial charge is 0.337 e. The Kier molecular flexibility index (Phi) is 6.69. The molecule has 0 fully saturated rings. The van der Waals surface area contributed by atoms with E-state index in [9.17, 15) is 9.59 Å². The lowest BCUT2D eigenvalue weighted by molar-refractivity contribution is -0.116. The minimum Gasteiger partial charge on any atom is -0.465 e. The first-order valence-electron chi connectivity index (χ1n) is 11.7. The van der Waals surface area contributed by atoms with Crippen molar-refractivity contribution in [3.63, 3.8) is 0 Å². The summed E-state index contributed by atoms with van der Waals surface area (Å²) in [4.78, 5) is 32.6. The molecule has 2 aromatic heterocycles. The number of ether oxygens (including phenoxy) is 1. The second kappa shape index (κ2) is 10.2. The summed E-state index contributed by atoms with van der Waals surface area (Å²) in [6.07, 6.45) is 1.67. The third-order valence-electron chi connectivity index (χ3n) is 6.14.